The van der Waals surface area contributed by atoms with E-state index in [1.165, 1.54) is 13.8 Å². The van der Waals surface area contributed by atoms with Crippen LogP contribution in [0.4, 0.5) is 0 Å². The lowest BCUT2D eigenvalue weighted by Crippen LogP contribution is -2.23. The fraction of sp³-hybridized carbons (Fsp3) is 0.412. The van der Waals surface area contributed by atoms with E-state index < -0.39 is 0 Å². The monoisotopic (exact) mass is 288 g/mol. The van der Waals surface area contributed by atoms with Crippen LogP contribution in [0.5, 0.6) is 0 Å². The quantitative estimate of drug-likeness (QED) is 0.617. The molecule has 1 unspecified atom stereocenters. The van der Waals surface area contributed by atoms with Gasteiger partial charge in [-0.05, 0) is 5.56 Å². The zero-order valence-corrected chi connectivity index (χ0v) is 12.3. The Morgan fingerprint density at radius 3 is 1.81 bits per heavy atom. The van der Waals surface area contributed by atoms with Crippen LogP contribution >= 0.6 is 0 Å². The van der Waals surface area contributed by atoms with Gasteiger partial charge in [0.15, 0.2) is 0 Å². The second-order valence-corrected chi connectivity index (χ2v) is 5.25. The molecule has 1 aromatic carbocycles. The fourth-order valence-electron chi connectivity index (χ4n) is 2.76. The summed E-state index contributed by atoms with van der Waals surface area (Å²) < 4.78 is 10.3. The van der Waals surface area contributed by atoms with Crippen LogP contribution < -0.4 is 0 Å². The van der Waals surface area contributed by atoms with Crippen LogP contribution in [0.25, 0.3) is 0 Å². The Hall–Kier alpha value is -2.10. The van der Waals surface area contributed by atoms with E-state index in [9.17, 15) is 9.59 Å². The minimum absolute atomic E-state index is 0.108. The second kappa shape index (κ2) is 7.07. The van der Waals surface area contributed by atoms with E-state index >= 15 is 0 Å². The van der Waals surface area contributed by atoms with Gasteiger partial charge in [-0.25, -0.2) is 0 Å². The summed E-state index contributed by atoms with van der Waals surface area (Å²) in [6.07, 6.45) is 4.10. The van der Waals surface area contributed by atoms with Crippen molar-refractivity contribution in [1.29, 1.82) is 0 Å². The molecule has 0 fully saturated rings. The summed E-state index contributed by atoms with van der Waals surface area (Å²) in [6, 6.07) is 10.0. The molecule has 21 heavy (non-hydrogen) atoms. The molecule has 0 amide bonds. The van der Waals surface area contributed by atoms with Gasteiger partial charge in [-0.3, -0.25) is 9.59 Å². The van der Waals surface area contributed by atoms with Crippen LogP contribution in [0.3, 0.4) is 0 Å². The zero-order valence-electron chi connectivity index (χ0n) is 12.3. The van der Waals surface area contributed by atoms with Crippen LogP contribution in [0.1, 0.15) is 25.3 Å². The summed E-state index contributed by atoms with van der Waals surface area (Å²) in [5, 5.41) is 0. The van der Waals surface area contributed by atoms with E-state index in [2.05, 4.69) is 24.3 Å². The lowest BCUT2D eigenvalue weighted by molar-refractivity contribution is -0.142. The van der Waals surface area contributed by atoms with E-state index in [4.69, 9.17) is 9.47 Å². The van der Waals surface area contributed by atoms with Crippen LogP contribution in [-0.4, -0.2) is 25.2 Å². The molecule has 0 aromatic heterocycles. The van der Waals surface area contributed by atoms with Gasteiger partial charge >= 0.3 is 11.9 Å². The topological polar surface area (TPSA) is 52.6 Å². The van der Waals surface area contributed by atoms with E-state index in [0.29, 0.717) is 13.2 Å². The fourth-order valence-corrected chi connectivity index (χ4v) is 2.76. The minimum Gasteiger partial charge on any atom is -0.465 e. The molecule has 0 radical (unpaired) electrons. The molecule has 0 heterocycles. The van der Waals surface area contributed by atoms with Gasteiger partial charge in [0.1, 0.15) is 0 Å². The van der Waals surface area contributed by atoms with Gasteiger partial charge < -0.3 is 9.47 Å². The number of rotatable bonds is 5. The maximum atomic E-state index is 11.0. The highest BCUT2D eigenvalue weighted by atomic mass is 16.5. The first-order valence-corrected chi connectivity index (χ1v) is 7.08. The minimum atomic E-state index is -0.279. The molecule has 0 bridgehead atoms. The molecule has 0 saturated carbocycles. The predicted octanol–water partition coefficient (Wildman–Crippen LogP) is 2.70. The Kier molecular flexibility index (Phi) is 5.14. The third kappa shape index (κ3) is 4.18. The highest BCUT2D eigenvalue weighted by Gasteiger charge is 2.34. The Morgan fingerprint density at radius 2 is 1.38 bits per heavy atom. The first-order valence-electron chi connectivity index (χ1n) is 7.08. The van der Waals surface area contributed by atoms with Crippen LogP contribution in [0, 0.1) is 11.8 Å². The van der Waals surface area contributed by atoms with Crippen molar-refractivity contribution in [2.24, 2.45) is 11.8 Å². The Morgan fingerprint density at radius 1 is 0.905 bits per heavy atom. The summed E-state index contributed by atoms with van der Waals surface area (Å²) in [4.78, 5) is 22.0. The molecule has 3 atom stereocenters. The maximum Gasteiger partial charge on any atom is 0.302 e. The molecule has 4 nitrogen and oxygen atoms in total. The highest BCUT2D eigenvalue weighted by molar-refractivity contribution is 5.66. The number of esters is 2. The Bertz CT molecular complexity index is 493. The summed E-state index contributed by atoms with van der Waals surface area (Å²) in [7, 11) is 0. The third-order valence-electron chi connectivity index (χ3n) is 3.67. The summed E-state index contributed by atoms with van der Waals surface area (Å²) >= 11 is 0. The van der Waals surface area contributed by atoms with Crippen molar-refractivity contribution < 1.29 is 19.1 Å². The smallest absolute Gasteiger partial charge is 0.302 e. The first-order chi connectivity index (χ1) is 10.1. The van der Waals surface area contributed by atoms with Crippen molar-refractivity contribution in [2.45, 2.75) is 19.8 Å². The lowest BCUT2D eigenvalue weighted by Gasteiger charge is -2.25. The standard InChI is InChI=1S/C17H20O4/c1-12(18)20-10-15-8-9-16(11-21-13(2)19)17(15)14-6-4-3-5-7-14/h3-9,15-17H,10-11H2,1-2H3/t15-,16+,17?. The van der Waals surface area contributed by atoms with Gasteiger partial charge in [-0.2, -0.15) is 0 Å². The average Bonchev–Trinajstić information content (AvgIpc) is 2.86. The molecule has 4 heteroatoms. The van der Waals surface area contributed by atoms with Gasteiger partial charge in [0.05, 0.1) is 13.2 Å². The molecule has 0 aliphatic heterocycles. The molecule has 0 spiro atoms. The van der Waals surface area contributed by atoms with Crippen molar-refractivity contribution in [3.05, 3.63) is 48.0 Å². The predicted molar refractivity (Wildman–Crippen MR) is 78.6 cm³/mol. The molecule has 112 valence electrons. The number of carbonyl (C=O) groups is 2. The van der Waals surface area contributed by atoms with E-state index in [1.54, 1.807) is 0 Å². The van der Waals surface area contributed by atoms with Gasteiger partial charge in [-0.1, -0.05) is 42.5 Å². The van der Waals surface area contributed by atoms with Gasteiger partial charge in [0, 0.05) is 31.6 Å². The van der Waals surface area contributed by atoms with Crippen LogP contribution in [0.2, 0.25) is 0 Å². The second-order valence-electron chi connectivity index (χ2n) is 5.25. The van der Waals surface area contributed by atoms with Crippen molar-refractivity contribution >= 4 is 11.9 Å². The summed E-state index contributed by atoms with van der Waals surface area (Å²) in [5.74, 6) is -0.184. The lowest BCUT2D eigenvalue weighted by atomic mass is 9.83. The van der Waals surface area contributed by atoms with Crippen LogP contribution in [0.15, 0.2) is 42.5 Å². The van der Waals surface area contributed by atoms with Gasteiger partial charge in [-0.15, -0.1) is 0 Å². The number of ether oxygens (including phenoxy) is 2. The Labute approximate surface area is 124 Å². The number of benzene rings is 1. The molecule has 1 aliphatic rings. The summed E-state index contributed by atoms with van der Waals surface area (Å²) in [5.41, 5.74) is 1.16. The molecular weight excluding hydrogens is 268 g/mol. The third-order valence-corrected chi connectivity index (χ3v) is 3.67. The largest absolute Gasteiger partial charge is 0.465 e. The number of carbonyl (C=O) groups excluding carboxylic acids is 2. The molecular formula is C17H20O4. The molecule has 1 aliphatic carbocycles. The molecule has 2 rings (SSSR count). The molecule has 1 aromatic rings. The Balaban J connectivity index is 2.12. The molecule has 0 saturated heterocycles. The van der Waals surface area contributed by atoms with E-state index in [1.807, 2.05) is 18.2 Å². The molecule has 0 N–H and O–H groups in total. The number of hydrogen-bond donors (Lipinski definition) is 0. The van der Waals surface area contributed by atoms with E-state index in [0.717, 1.165) is 5.56 Å². The average molecular weight is 288 g/mol. The van der Waals surface area contributed by atoms with Crippen molar-refractivity contribution in [2.75, 3.05) is 13.2 Å². The number of hydrogen-bond acceptors (Lipinski definition) is 4. The van der Waals surface area contributed by atoms with Crippen LogP contribution in [-0.2, 0) is 19.1 Å². The SMILES string of the molecule is CC(=O)OC[C@H]1C=C[C@@H](COC(C)=O)C1c1ccccc1. The highest BCUT2D eigenvalue weighted by Crippen LogP contribution is 2.39. The van der Waals surface area contributed by atoms with Crippen molar-refractivity contribution in [3.63, 3.8) is 0 Å². The summed E-state index contributed by atoms with van der Waals surface area (Å²) in [6.45, 7) is 3.52. The van der Waals surface area contributed by atoms with E-state index in [-0.39, 0.29) is 29.7 Å². The van der Waals surface area contributed by atoms with Gasteiger partial charge in [0.25, 0.3) is 0 Å². The van der Waals surface area contributed by atoms with Gasteiger partial charge in [0.2, 0.25) is 0 Å². The van der Waals surface area contributed by atoms with Crippen molar-refractivity contribution in [1.82, 2.24) is 0 Å². The van der Waals surface area contributed by atoms with Crippen molar-refractivity contribution in [3.8, 4) is 0 Å². The maximum absolute atomic E-state index is 11.0. The zero-order chi connectivity index (χ0) is 15.2. The normalized spacial score (nSPS) is 23.8. The first kappa shape index (κ1) is 15.3.